The van der Waals surface area contributed by atoms with Crippen molar-refractivity contribution in [3.63, 3.8) is 0 Å². The van der Waals surface area contributed by atoms with Crippen LogP contribution in [0, 0.1) is 0 Å². The number of urea groups is 1. The van der Waals surface area contributed by atoms with E-state index < -0.39 is 0 Å². The highest BCUT2D eigenvalue weighted by Gasteiger charge is 2.25. The van der Waals surface area contributed by atoms with Crippen LogP contribution >= 0.6 is 22.9 Å². The summed E-state index contributed by atoms with van der Waals surface area (Å²) in [6.45, 7) is 6.85. The number of amides is 2. The topological polar surface area (TPSA) is 54.0 Å². The number of benzene rings is 1. The van der Waals surface area contributed by atoms with Gasteiger partial charge in [0.2, 0.25) is 0 Å². The first-order valence-electron chi connectivity index (χ1n) is 8.11. The molecule has 0 saturated heterocycles. The van der Waals surface area contributed by atoms with Crippen molar-refractivity contribution in [1.82, 2.24) is 15.6 Å². The normalized spacial score (nSPS) is 16.8. The molecular formula is C18H22ClN3OS. The Balaban J connectivity index is 1.56. The van der Waals surface area contributed by atoms with E-state index in [2.05, 4.69) is 36.4 Å². The highest BCUT2D eigenvalue weighted by molar-refractivity contribution is 7.09. The lowest BCUT2D eigenvalue weighted by Crippen LogP contribution is -2.37. The Morgan fingerprint density at radius 2 is 2.21 bits per heavy atom. The van der Waals surface area contributed by atoms with Crippen LogP contribution in [-0.2, 0) is 18.4 Å². The molecule has 0 radical (unpaired) electrons. The maximum absolute atomic E-state index is 12.2. The number of hydrogen-bond donors (Lipinski definition) is 2. The van der Waals surface area contributed by atoms with Crippen LogP contribution in [0.2, 0.25) is 5.02 Å². The van der Waals surface area contributed by atoms with Crippen molar-refractivity contribution >= 4 is 29.0 Å². The van der Waals surface area contributed by atoms with Gasteiger partial charge in [-0.15, -0.1) is 11.3 Å². The lowest BCUT2D eigenvalue weighted by molar-refractivity contribution is 0.236. The first-order valence-corrected chi connectivity index (χ1v) is 9.37. The summed E-state index contributed by atoms with van der Waals surface area (Å²) in [5, 5.41) is 9.81. The molecule has 1 aromatic heterocycles. The zero-order chi connectivity index (χ0) is 17.3. The van der Waals surface area contributed by atoms with Crippen LogP contribution in [0.15, 0.2) is 23.6 Å². The maximum atomic E-state index is 12.2. The molecule has 0 saturated carbocycles. The lowest BCUT2D eigenvalue weighted by atomic mass is 9.98. The van der Waals surface area contributed by atoms with Gasteiger partial charge in [0.1, 0.15) is 0 Å². The van der Waals surface area contributed by atoms with Crippen molar-refractivity contribution in [3.05, 3.63) is 50.4 Å². The van der Waals surface area contributed by atoms with E-state index in [0.717, 1.165) is 39.7 Å². The summed E-state index contributed by atoms with van der Waals surface area (Å²) < 4.78 is 0. The molecule has 1 heterocycles. The lowest BCUT2D eigenvalue weighted by Gasteiger charge is -2.15. The van der Waals surface area contributed by atoms with Gasteiger partial charge < -0.3 is 10.6 Å². The molecule has 6 heteroatoms. The van der Waals surface area contributed by atoms with Crippen LogP contribution in [0.1, 0.15) is 55.1 Å². The minimum absolute atomic E-state index is 0.0271. The fourth-order valence-corrected chi connectivity index (χ4v) is 4.06. The Hall–Kier alpha value is -1.59. The number of halogens is 1. The van der Waals surface area contributed by atoms with Crippen LogP contribution in [0.25, 0.3) is 0 Å². The van der Waals surface area contributed by atoms with Gasteiger partial charge in [-0.05, 0) is 30.0 Å². The number of thiazole rings is 1. The van der Waals surface area contributed by atoms with E-state index >= 15 is 0 Å². The van der Waals surface area contributed by atoms with E-state index in [1.165, 1.54) is 0 Å². The first-order chi connectivity index (χ1) is 11.3. The SMILES string of the molecule is CC(C)(C)c1nc(CNC(=O)NC2CCc3c(Cl)cccc32)cs1. The molecule has 0 fully saturated rings. The molecule has 1 aliphatic carbocycles. The Morgan fingerprint density at radius 3 is 2.92 bits per heavy atom. The van der Waals surface area contributed by atoms with Crippen molar-refractivity contribution in [2.45, 2.75) is 51.6 Å². The monoisotopic (exact) mass is 363 g/mol. The fraction of sp³-hybridized carbons (Fsp3) is 0.444. The Kier molecular flexibility index (Phi) is 4.83. The van der Waals surface area contributed by atoms with Crippen LogP contribution in [0.3, 0.4) is 0 Å². The highest BCUT2D eigenvalue weighted by atomic mass is 35.5. The predicted octanol–water partition coefficient (Wildman–Crippen LogP) is 4.58. The van der Waals surface area contributed by atoms with Crippen LogP contribution in [-0.4, -0.2) is 11.0 Å². The van der Waals surface area contributed by atoms with Gasteiger partial charge in [0.15, 0.2) is 0 Å². The zero-order valence-electron chi connectivity index (χ0n) is 14.1. The molecule has 1 unspecified atom stereocenters. The highest BCUT2D eigenvalue weighted by Crippen LogP contribution is 2.35. The van der Waals surface area contributed by atoms with Gasteiger partial charge >= 0.3 is 6.03 Å². The maximum Gasteiger partial charge on any atom is 0.315 e. The number of carbonyl (C=O) groups is 1. The van der Waals surface area contributed by atoms with Gasteiger partial charge in [-0.25, -0.2) is 9.78 Å². The average molecular weight is 364 g/mol. The molecule has 2 amide bonds. The third-order valence-corrected chi connectivity index (χ3v) is 5.81. The summed E-state index contributed by atoms with van der Waals surface area (Å²) in [4.78, 5) is 16.8. The molecule has 1 aliphatic rings. The third-order valence-electron chi connectivity index (χ3n) is 4.14. The summed E-state index contributed by atoms with van der Waals surface area (Å²) >= 11 is 7.85. The molecule has 0 bridgehead atoms. The fourth-order valence-electron chi connectivity index (χ4n) is 2.87. The van der Waals surface area contributed by atoms with Crippen LogP contribution in [0.4, 0.5) is 4.79 Å². The predicted molar refractivity (Wildman–Crippen MR) is 98.7 cm³/mol. The minimum atomic E-state index is -0.168. The van der Waals surface area contributed by atoms with Crippen LogP contribution in [0.5, 0.6) is 0 Å². The number of hydrogen-bond acceptors (Lipinski definition) is 3. The number of nitrogens with one attached hydrogen (secondary N) is 2. The largest absolute Gasteiger partial charge is 0.332 e. The van der Waals surface area contributed by atoms with E-state index in [1.54, 1.807) is 11.3 Å². The standard InChI is InChI=1S/C18H22ClN3OS/c1-18(2,3)16-21-11(10-24-16)9-20-17(23)22-15-8-7-12-13(15)5-4-6-14(12)19/h4-6,10,15H,7-9H2,1-3H3,(H2,20,22,23). The van der Waals surface area contributed by atoms with Gasteiger partial charge in [0.05, 0.1) is 23.3 Å². The van der Waals surface area contributed by atoms with Crippen molar-refractivity contribution in [2.75, 3.05) is 0 Å². The van der Waals surface area contributed by atoms with E-state index in [1.807, 2.05) is 23.6 Å². The van der Waals surface area contributed by atoms with Gasteiger partial charge in [-0.3, -0.25) is 0 Å². The summed E-state index contributed by atoms with van der Waals surface area (Å²) in [6, 6.07) is 5.73. The third kappa shape index (κ3) is 3.73. The summed E-state index contributed by atoms with van der Waals surface area (Å²) in [5.41, 5.74) is 3.22. The van der Waals surface area contributed by atoms with E-state index in [9.17, 15) is 4.79 Å². The number of fused-ring (bicyclic) bond motifs is 1. The Labute approximate surface area is 151 Å². The summed E-state index contributed by atoms with van der Waals surface area (Å²) in [5.74, 6) is 0. The second-order valence-electron chi connectivity index (χ2n) is 7.12. The van der Waals surface area contributed by atoms with Gasteiger partial charge in [0, 0.05) is 15.8 Å². The molecule has 0 aliphatic heterocycles. The van der Waals surface area contributed by atoms with Crippen molar-refractivity contribution < 1.29 is 4.79 Å². The van der Waals surface area contributed by atoms with Crippen molar-refractivity contribution in [2.24, 2.45) is 0 Å². The molecule has 1 atom stereocenters. The molecule has 4 nitrogen and oxygen atoms in total. The number of rotatable bonds is 3. The molecule has 0 spiro atoms. The quantitative estimate of drug-likeness (QED) is 0.838. The molecule has 1 aromatic carbocycles. The Bertz CT molecular complexity index is 751. The van der Waals surface area contributed by atoms with E-state index in [-0.39, 0.29) is 17.5 Å². The molecule has 3 rings (SSSR count). The van der Waals surface area contributed by atoms with Gasteiger partial charge in [-0.2, -0.15) is 0 Å². The minimum Gasteiger partial charge on any atom is -0.332 e. The van der Waals surface area contributed by atoms with Gasteiger partial charge in [-0.1, -0.05) is 44.5 Å². The molecule has 2 aromatic rings. The smallest absolute Gasteiger partial charge is 0.315 e. The second-order valence-corrected chi connectivity index (χ2v) is 8.39. The molecule has 24 heavy (non-hydrogen) atoms. The second kappa shape index (κ2) is 6.73. The first kappa shape index (κ1) is 17.2. The average Bonchev–Trinajstić information content (AvgIpc) is 3.13. The van der Waals surface area contributed by atoms with Crippen LogP contribution < -0.4 is 10.6 Å². The van der Waals surface area contributed by atoms with Crippen molar-refractivity contribution in [3.8, 4) is 0 Å². The number of carbonyl (C=O) groups excluding carboxylic acids is 1. The molecule has 128 valence electrons. The Morgan fingerprint density at radius 1 is 1.42 bits per heavy atom. The summed E-state index contributed by atoms with van der Waals surface area (Å²) in [7, 11) is 0. The molecule has 2 N–H and O–H groups in total. The number of aromatic nitrogens is 1. The van der Waals surface area contributed by atoms with Gasteiger partial charge in [0.25, 0.3) is 0 Å². The molecular weight excluding hydrogens is 342 g/mol. The zero-order valence-corrected chi connectivity index (χ0v) is 15.7. The van der Waals surface area contributed by atoms with E-state index in [4.69, 9.17) is 11.6 Å². The number of nitrogens with zero attached hydrogens (tertiary/aromatic N) is 1. The summed E-state index contributed by atoms with van der Waals surface area (Å²) in [6.07, 6.45) is 1.79. The van der Waals surface area contributed by atoms with E-state index in [0.29, 0.717) is 6.54 Å². The van der Waals surface area contributed by atoms with Crippen molar-refractivity contribution in [1.29, 1.82) is 0 Å².